The van der Waals surface area contributed by atoms with Gasteiger partial charge in [0.2, 0.25) is 0 Å². The highest BCUT2D eigenvalue weighted by Crippen LogP contribution is 2.08. The largest absolute Gasteiger partial charge is 0.545 e. The number of carboxylic acid groups (broad SMARTS) is 1. The fourth-order valence-corrected chi connectivity index (χ4v) is 4.30. The predicted octanol–water partition coefficient (Wildman–Crippen LogP) is -0.348. The summed E-state index contributed by atoms with van der Waals surface area (Å²) in [5.41, 5.74) is -0.153. The van der Waals surface area contributed by atoms with Gasteiger partial charge in [0.15, 0.2) is 7.14 Å². The molecule has 0 radical (unpaired) electrons. The van der Waals surface area contributed by atoms with Crippen LogP contribution in [0, 0.1) is 7.14 Å². The van der Waals surface area contributed by atoms with Gasteiger partial charge < -0.3 is 14.6 Å². The second-order valence-corrected chi connectivity index (χ2v) is 8.04. The molecule has 0 amide bonds. The lowest BCUT2D eigenvalue weighted by Gasteiger charge is -2.07. The maximum absolute atomic E-state index is 11.0. The number of hydrogen-bond acceptors (Lipinski definition) is 4. The first kappa shape index (κ1) is 19.7. The number of esters is 1. The minimum atomic E-state index is -1.39. The Morgan fingerprint density at radius 2 is 1.15 bits per heavy atom. The number of rotatable bonds is 4. The Kier molecular flexibility index (Phi) is 7.82. The van der Waals surface area contributed by atoms with Crippen molar-refractivity contribution in [1.82, 2.24) is 0 Å². The summed E-state index contributed by atoms with van der Waals surface area (Å²) >= 11 is 0.0287. The lowest BCUT2D eigenvalue weighted by Crippen LogP contribution is -3.61. The first-order valence-corrected chi connectivity index (χ1v) is 9.91. The van der Waals surface area contributed by atoms with Crippen molar-refractivity contribution >= 4 is 11.9 Å². The lowest BCUT2D eigenvalue weighted by molar-refractivity contribution is -0.597. The van der Waals surface area contributed by atoms with Gasteiger partial charge in [-0.25, -0.2) is 4.79 Å². The second kappa shape index (κ2) is 10.4. The van der Waals surface area contributed by atoms with E-state index in [2.05, 4.69) is 65.4 Å². The molecule has 0 unspecified atom stereocenters. The summed E-state index contributed by atoms with van der Waals surface area (Å²) in [6.45, 7) is 0. The van der Waals surface area contributed by atoms with Crippen molar-refractivity contribution in [3.05, 3.63) is 103 Å². The van der Waals surface area contributed by atoms with E-state index >= 15 is 0 Å². The molecule has 0 bridgehead atoms. The minimum absolute atomic E-state index is 0.00463. The monoisotopic (exact) mass is 460 g/mol. The van der Waals surface area contributed by atoms with Crippen molar-refractivity contribution in [2.45, 2.75) is 0 Å². The minimum Gasteiger partial charge on any atom is -0.545 e. The van der Waals surface area contributed by atoms with Gasteiger partial charge in [-0.2, -0.15) is 0 Å². The maximum atomic E-state index is 11.0. The normalized spacial score (nSPS) is 9.58. The summed E-state index contributed by atoms with van der Waals surface area (Å²) in [4.78, 5) is 21.5. The molecule has 0 heterocycles. The fourth-order valence-electron chi connectivity index (χ4n) is 2.03. The van der Waals surface area contributed by atoms with Gasteiger partial charge in [0.1, 0.15) is 0 Å². The highest BCUT2D eigenvalue weighted by molar-refractivity contribution is 6.01. The van der Waals surface area contributed by atoms with Crippen molar-refractivity contribution < 1.29 is 40.6 Å². The number of methoxy groups -OCH3 is 1. The van der Waals surface area contributed by atoms with E-state index in [1.807, 2.05) is 0 Å². The van der Waals surface area contributed by atoms with Gasteiger partial charge in [0, 0.05) is 5.56 Å². The van der Waals surface area contributed by atoms with Gasteiger partial charge in [-0.05, 0) is 30.3 Å². The van der Waals surface area contributed by atoms with Crippen LogP contribution in [0.15, 0.2) is 84.9 Å². The quantitative estimate of drug-likeness (QED) is 0.395. The average Bonchev–Trinajstić information content (AvgIpc) is 2.69. The smallest absolute Gasteiger partial charge is 0.357 e. The molecule has 0 N–H and O–H groups in total. The van der Waals surface area contributed by atoms with Crippen molar-refractivity contribution in [1.29, 1.82) is 0 Å². The van der Waals surface area contributed by atoms with E-state index in [-0.39, 0.29) is 32.3 Å². The summed E-state index contributed by atoms with van der Waals surface area (Å²) in [5, 5.41) is 10.5. The molecule has 0 atom stereocenters. The van der Waals surface area contributed by atoms with E-state index in [0.717, 1.165) is 0 Å². The van der Waals surface area contributed by atoms with Crippen molar-refractivity contribution in [2.75, 3.05) is 7.11 Å². The van der Waals surface area contributed by atoms with Crippen LogP contribution in [0.4, 0.5) is 0 Å². The molecule has 0 saturated heterocycles. The molecule has 0 aliphatic carbocycles. The fraction of sp³-hybridized carbons (Fsp3) is 0.0476. The zero-order valence-corrected chi connectivity index (χ0v) is 16.3. The summed E-state index contributed by atoms with van der Waals surface area (Å²) in [7, 11) is 1.19. The van der Waals surface area contributed by atoms with E-state index in [0.29, 0.717) is 0 Å². The molecule has 0 saturated carbocycles. The predicted molar refractivity (Wildman–Crippen MR) is 92.4 cm³/mol. The number of halogens is 1. The van der Waals surface area contributed by atoms with Crippen LogP contribution in [0.2, 0.25) is 0 Å². The molecule has 0 aliphatic heterocycles. The summed E-state index contributed by atoms with van der Waals surface area (Å²) in [5.74, 6) is -2.07. The third-order valence-corrected chi connectivity index (χ3v) is 5.92. The molecule has 3 aromatic carbocycles. The van der Waals surface area contributed by atoms with Crippen LogP contribution >= 0.6 is 0 Å². The standard InChI is InChI=1S/C12H10I.C9H8O4/c1-3-7-11(8-4-1)13-12-9-5-2-6-10-12;1-13-9(12)7-5-3-2-4-6(7)8(10)11/h1-10H;2-5H,1H3,(H,10,11)/q+1;/p-1. The zero-order valence-electron chi connectivity index (χ0n) is 14.1. The number of ether oxygens (including phenoxy) is 1. The molecule has 26 heavy (non-hydrogen) atoms. The van der Waals surface area contributed by atoms with Crippen LogP contribution in [0.25, 0.3) is 0 Å². The van der Waals surface area contributed by atoms with E-state index in [4.69, 9.17) is 0 Å². The first-order chi connectivity index (χ1) is 12.6. The average molecular weight is 460 g/mol. The van der Waals surface area contributed by atoms with Crippen LogP contribution in [-0.4, -0.2) is 19.0 Å². The number of carboxylic acids is 1. The molecule has 0 fully saturated rings. The molecular formula is C21H17IO4. The molecule has 5 heteroatoms. The second-order valence-electron chi connectivity index (χ2n) is 5.01. The number of carbonyl (C=O) groups excluding carboxylic acids is 2. The molecule has 0 spiro atoms. The van der Waals surface area contributed by atoms with Gasteiger partial charge in [0.05, 0.1) is 18.6 Å². The Labute approximate surface area is 162 Å². The van der Waals surface area contributed by atoms with Crippen LogP contribution < -0.4 is 26.3 Å². The van der Waals surface area contributed by atoms with Gasteiger partial charge in [-0.3, -0.25) is 0 Å². The van der Waals surface area contributed by atoms with Crippen LogP contribution in [0.3, 0.4) is 0 Å². The Bertz CT molecular complexity index is 811. The summed E-state index contributed by atoms with van der Waals surface area (Å²) < 4.78 is 7.36. The Balaban J connectivity index is 0.000000187. The molecular weight excluding hydrogens is 443 g/mol. The van der Waals surface area contributed by atoms with Gasteiger partial charge in [-0.15, -0.1) is 0 Å². The molecule has 4 nitrogen and oxygen atoms in total. The first-order valence-electron chi connectivity index (χ1n) is 7.75. The highest BCUT2D eigenvalue weighted by Gasteiger charge is 2.13. The van der Waals surface area contributed by atoms with Crippen LogP contribution in [0.1, 0.15) is 20.7 Å². The van der Waals surface area contributed by atoms with Crippen molar-refractivity contribution in [2.24, 2.45) is 0 Å². The zero-order chi connectivity index (χ0) is 18.8. The van der Waals surface area contributed by atoms with Crippen molar-refractivity contribution in [3.8, 4) is 0 Å². The van der Waals surface area contributed by atoms with Crippen LogP contribution in [-0.2, 0) is 4.74 Å². The Morgan fingerprint density at radius 3 is 1.58 bits per heavy atom. The van der Waals surface area contributed by atoms with Gasteiger partial charge in [-0.1, -0.05) is 54.6 Å². The molecule has 0 aliphatic rings. The van der Waals surface area contributed by atoms with E-state index < -0.39 is 11.9 Å². The summed E-state index contributed by atoms with van der Waals surface area (Å²) in [6.07, 6.45) is 0. The SMILES string of the molecule is COC(=O)c1ccccc1C(=O)[O-].c1ccc([I+]c2ccccc2)cc1. The van der Waals surface area contributed by atoms with Crippen LogP contribution in [0.5, 0.6) is 0 Å². The van der Waals surface area contributed by atoms with E-state index in [9.17, 15) is 14.7 Å². The van der Waals surface area contributed by atoms with E-state index in [1.165, 1.54) is 32.4 Å². The molecule has 132 valence electrons. The number of hydrogen-bond donors (Lipinski definition) is 0. The Morgan fingerprint density at radius 1 is 0.731 bits per heavy atom. The van der Waals surface area contributed by atoms with Crippen molar-refractivity contribution in [3.63, 3.8) is 0 Å². The lowest BCUT2D eigenvalue weighted by atomic mass is 10.1. The third kappa shape index (κ3) is 6.00. The number of benzene rings is 3. The number of carbonyl (C=O) groups is 2. The molecule has 0 aromatic heterocycles. The maximum Gasteiger partial charge on any atom is 0.357 e. The number of aromatic carboxylic acids is 1. The van der Waals surface area contributed by atoms with Gasteiger partial charge in [0.25, 0.3) is 0 Å². The van der Waals surface area contributed by atoms with Gasteiger partial charge >= 0.3 is 27.2 Å². The topological polar surface area (TPSA) is 66.4 Å². The third-order valence-electron chi connectivity index (χ3n) is 3.24. The Hall–Kier alpha value is -2.67. The molecule has 3 rings (SSSR count). The summed E-state index contributed by atoms with van der Waals surface area (Å²) in [6, 6.07) is 27.1. The molecule has 3 aromatic rings. The van der Waals surface area contributed by atoms with E-state index in [1.54, 1.807) is 6.07 Å². The highest BCUT2D eigenvalue weighted by atomic mass is 127.